The summed E-state index contributed by atoms with van der Waals surface area (Å²) in [5.41, 5.74) is 0.633. The Kier molecular flexibility index (Phi) is 4.12. The predicted molar refractivity (Wildman–Crippen MR) is 70.6 cm³/mol. The van der Waals surface area contributed by atoms with E-state index in [-0.39, 0.29) is 18.0 Å². The van der Waals surface area contributed by atoms with E-state index in [2.05, 4.69) is 10.1 Å². The molecule has 0 N–H and O–H groups in total. The molecule has 5 nitrogen and oxygen atoms in total. The van der Waals surface area contributed by atoms with Crippen molar-refractivity contribution >= 4 is 5.91 Å². The smallest absolute Gasteiger partial charge is 0.257 e. The Morgan fingerprint density at radius 2 is 2.25 bits per heavy atom. The molecule has 0 fully saturated rings. The highest BCUT2D eigenvalue weighted by molar-refractivity contribution is 5.94. The average Bonchev–Trinajstić information content (AvgIpc) is 2.87. The number of halogens is 1. The maximum atomic E-state index is 13.5. The van der Waals surface area contributed by atoms with E-state index < -0.39 is 11.7 Å². The molecule has 2 aromatic rings. The van der Waals surface area contributed by atoms with Gasteiger partial charge in [0.1, 0.15) is 11.5 Å². The number of aromatic nitrogens is 2. The minimum atomic E-state index is -0.632. The second-order valence-corrected chi connectivity index (χ2v) is 4.89. The van der Waals surface area contributed by atoms with Crippen molar-refractivity contribution in [2.24, 2.45) is 0 Å². The van der Waals surface area contributed by atoms with Gasteiger partial charge in [-0.15, -0.1) is 0 Å². The van der Waals surface area contributed by atoms with Gasteiger partial charge in [-0.25, -0.2) is 4.39 Å². The van der Waals surface area contributed by atoms with E-state index in [1.807, 2.05) is 13.8 Å². The molecule has 106 valence electrons. The van der Waals surface area contributed by atoms with Crippen LogP contribution in [-0.4, -0.2) is 28.0 Å². The normalized spacial score (nSPS) is 10.8. The summed E-state index contributed by atoms with van der Waals surface area (Å²) >= 11 is 0. The van der Waals surface area contributed by atoms with Gasteiger partial charge in [-0.2, -0.15) is 0 Å². The maximum Gasteiger partial charge on any atom is 0.257 e. The Bertz CT molecular complexity index is 610. The molecular formula is C14H16FN3O2. The molecule has 0 aliphatic heterocycles. The SMILES string of the molecule is CC(C)c1cc(CN(C)C(=O)c2ccncc2F)no1. The molecule has 20 heavy (non-hydrogen) atoms. The average molecular weight is 277 g/mol. The number of hydrogen-bond acceptors (Lipinski definition) is 4. The van der Waals surface area contributed by atoms with Gasteiger partial charge < -0.3 is 9.42 Å². The molecule has 0 bridgehead atoms. The van der Waals surface area contributed by atoms with Crippen LogP contribution in [0.25, 0.3) is 0 Å². The topological polar surface area (TPSA) is 59.2 Å². The van der Waals surface area contributed by atoms with E-state index in [1.165, 1.54) is 17.2 Å². The first-order chi connectivity index (χ1) is 9.49. The zero-order valence-electron chi connectivity index (χ0n) is 11.6. The van der Waals surface area contributed by atoms with Gasteiger partial charge in [0.05, 0.1) is 18.3 Å². The Hall–Kier alpha value is -2.24. The van der Waals surface area contributed by atoms with Gasteiger partial charge in [0, 0.05) is 25.2 Å². The van der Waals surface area contributed by atoms with Crippen LogP contribution in [0.15, 0.2) is 29.0 Å². The highest BCUT2D eigenvalue weighted by Gasteiger charge is 2.18. The number of nitrogens with zero attached hydrogens (tertiary/aromatic N) is 3. The summed E-state index contributed by atoms with van der Waals surface area (Å²) in [5, 5.41) is 3.90. The van der Waals surface area contributed by atoms with E-state index in [1.54, 1.807) is 13.1 Å². The van der Waals surface area contributed by atoms with Crippen LogP contribution in [0.3, 0.4) is 0 Å². The molecule has 6 heteroatoms. The summed E-state index contributed by atoms with van der Waals surface area (Å²) in [7, 11) is 1.59. The van der Waals surface area contributed by atoms with Crippen LogP contribution in [-0.2, 0) is 6.54 Å². The van der Waals surface area contributed by atoms with Crippen molar-refractivity contribution < 1.29 is 13.7 Å². The standard InChI is InChI=1S/C14H16FN3O2/c1-9(2)13-6-10(17-20-13)8-18(3)14(19)11-4-5-16-7-12(11)15/h4-7,9H,8H2,1-3H3. The van der Waals surface area contributed by atoms with Crippen molar-refractivity contribution in [1.29, 1.82) is 0 Å². The number of pyridine rings is 1. The second kappa shape index (κ2) is 5.81. The van der Waals surface area contributed by atoms with Crippen LogP contribution in [0.1, 0.15) is 41.6 Å². The third-order valence-corrected chi connectivity index (χ3v) is 2.89. The molecule has 0 aliphatic carbocycles. The monoisotopic (exact) mass is 277 g/mol. The van der Waals surface area contributed by atoms with Crippen LogP contribution in [0.4, 0.5) is 4.39 Å². The molecule has 1 amide bonds. The Morgan fingerprint density at radius 3 is 2.85 bits per heavy atom. The number of rotatable bonds is 4. The van der Waals surface area contributed by atoms with E-state index in [9.17, 15) is 9.18 Å². The van der Waals surface area contributed by atoms with E-state index in [0.717, 1.165) is 12.0 Å². The summed E-state index contributed by atoms with van der Waals surface area (Å²) in [6.07, 6.45) is 2.41. The van der Waals surface area contributed by atoms with Crippen LogP contribution in [0.5, 0.6) is 0 Å². The third-order valence-electron chi connectivity index (χ3n) is 2.89. The molecular weight excluding hydrogens is 261 g/mol. The van der Waals surface area contributed by atoms with Gasteiger partial charge in [-0.1, -0.05) is 19.0 Å². The Balaban J connectivity index is 2.09. The van der Waals surface area contributed by atoms with Crippen molar-refractivity contribution in [1.82, 2.24) is 15.0 Å². The van der Waals surface area contributed by atoms with Gasteiger partial charge in [0.15, 0.2) is 5.82 Å². The number of carbonyl (C=O) groups is 1. The van der Waals surface area contributed by atoms with E-state index >= 15 is 0 Å². The Morgan fingerprint density at radius 1 is 1.50 bits per heavy atom. The lowest BCUT2D eigenvalue weighted by Crippen LogP contribution is -2.27. The third kappa shape index (κ3) is 3.01. The summed E-state index contributed by atoms with van der Waals surface area (Å²) in [6, 6.07) is 3.16. The van der Waals surface area contributed by atoms with Crippen LogP contribution in [0, 0.1) is 5.82 Å². The molecule has 0 saturated carbocycles. The lowest BCUT2D eigenvalue weighted by molar-refractivity contribution is 0.0777. The highest BCUT2D eigenvalue weighted by Crippen LogP contribution is 2.16. The summed E-state index contributed by atoms with van der Waals surface area (Å²) in [4.78, 5) is 17.1. The molecule has 0 unspecified atom stereocenters. The van der Waals surface area contributed by atoms with Gasteiger partial charge in [0.25, 0.3) is 5.91 Å². The van der Waals surface area contributed by atoms with Crippen molar-refractivity contribution in [3.05, 3.63) is 47.4 Å². The van der Waals surface area contributed by atoms with Gasteiger partial charge in [-0.3, -0.25) is 9.78 Å². The maximum absolute atomic E-state index is 13.5. The van der Waals surface area contributed by atoms with Crippen molar-refractivity contribution in [2.75, 3.05) is 7.05 Å². The van der Waals surface area contributed by atoms with Crippen LogP contribution in [0.2, 0.25) is 0 Å². The van der Waals surface area contributed by atoms with Crippen LogP contribution >= 0.6 is 0 Å². The molecule has 0 spiro atoms. The fraction of sp³-hybridized carbons (Fsp3) is 0.357. The number of hydrogen-bond donors (Lipinski definition) is 0. The summed E-state index contributed by atoms with van der Waals surface area (Å²) in [5.74, 6) is -0.0581. The molecule has 0 aliphatic rings. The highest BCUT2D eigenvalue weighted by atomic mass is 19.1. The fourth-order valence-electron chi connectivity index (χ4n) is 1.74. The lowest BCUT2D eigenvalue weighted by atomic mass is 10.1. The fourth-order valence-corrected chi connectivity index (χ4v) is 1.74. The van der Waals surface area contributed by atoms with Gasteiger partial charge in [0.2, 0.25) is 0 Å². The first-order valence-electron chi connectivity index (χ1n) is 6.29. The molecule has 0 aromatic carbocycles. The van der Waals surface area contributed by atoms with E-state index in [4.69, 9.17) is 4.52 Å². The molecule has 0 radical (unpaired) electrons. The summed E-state index contributed by atoms with van der Waals surface area (Å²) < 4.78 is 18.7. The zero-order valence-corrected chi connectivity index (χ0v) is 11.6. The van der Waals surface area contributed by atoms with Crippen molar-refractivity contribution in [2.45, 2.75) is 26.3 Å². The molecule has 0 atom stereocenters. The number of amides is 1. The minimum Gasteiger partial charge on any atom is -0.361 e. The predicted octanol–water partition coefficient (Wildman–Crippen LogP) is 2.60. The first-order valence-corrected chi connectivity index (χ1v) is 6.29. The minimum absolute atomic E-state index is 0.00456. The van der Waals surface area contributed by atoms with E-state index in [0.29, 0.717) is 5.69 Å². The molecule has 2 rings (SSSR count). The van der Waals surface area contributed by atoms with Gasteiger partial charge in [-0.05, 0) is 6.07 Å². The zero-order chi connectivity index (χ0) is 14.7. The molecule has 2 heterocycles. The Labute approximate surface area is 116 Å². The van der Waals surface area contributed by atoms with Crippen molar-refractivity contribution in [3.8, 4) is 0 Å². The van der Waals surface area contributed by atoms with Gasteiger partial charge >= 0.3 is 0 Å². The molecule has 0 saturated heterocycles. The first kappa shape index (κ1) is 14.2. The van der Waals surface area contributed by atoms with Crippen molar-refractivity contribution in [3.63, 3.8) is 0 Å². The largest absolute Gasteiger partial charge is 0.361 e. The molecule has 2 aromatic heterocycles. The summed E-state index contributed by atoms with van der Waals surface area (Å²) in [6.45, 7) is 4.24. The number of carbonyl (C=O) groups excluding carboxylic acids is 1. The quantitative estimate of drug-likeness (QED) is 0.862. The second-order valence-electron chi connectivity index (χ2n) is 4.89. The van der Waals surface area contributed by atoms with Crippen LogP contribution < -0.4 is 0 Å². The lowest BCUT2D eigenvalue weighted by Gasteiger charge is -2.15.